The summed E-state index contributed by atoms with van der Waals surface area (Å²) in [5, 5.41) is 0. The van der Waals surface area contributed by atoms with E-state index in [1.165, 1.54) is 219 Å². The quantitative estimate of drug-likeness (QED) is 0.0530. The fourth-order valence-corrected chi connectivity index (χ4v) is 6.32. The van der Waals surface area contributed by atoms with E-state index in [2.05, 4.69) is 37.8 Å². The molecule has 1 heteroatoms. The SMILES string of the molecule is CC=CCN(CCCCCCCCCCCCCCCCCC)CCCCCCCCCCCCCCCCCC. The number of allylic oxidation sites excluding steroid dienone is 1. The van der Waals surface area contributed by atoms with Gasteiger partial charge in [-0.25, -0.2) is 0 Å². The van der Waals surface area contributed by atoms with E-state index >= 15 is 0 Å². The maximum atomic E-state index is 2.72. The van der Waals surface area contributed by atoms with Crippen molar-refractivity contribution in [2.24, 2.45) is 0 Å². The molecule has 0 saturated heterocycles. The Morgan fingerprint density at radius 2 is 0.537 bits per heavy atom. The van der Waals surface area contributed by atoms with E-state index in [0.29, 0.717) is 0 Å². The molecule has 0 aliphatic heterocycles. The molecule has 0 spiro atoms. The van der Waals surface area contributed by atoms with Gasteiger partial charge < -0.3 is 0 Å². The van der Waals surface area contributed by atoms with Crippen molar-refractivity contribution >= 4 is 0 Å². The van der Waals surface area contributed by atoms with E-state index in [4.69, 9.17) is 0 Å². The van der Waals surface area contributed by atoms with Crippen LogP contribution >= 0.6 is 0 Å². The highest BCUT2D eigenvalue weighted by Crippen LogP contribution is 2.15. The standard InChI is InChI=1S/C40H81N/c1-4-7-10-12-14-16-18-20-22-24-26-28-30-32-34-36-39-41(38-9-6-3)40-37-35-33-31-29-27-25-23-21-19-17-15-13-11-8-5-2/h6,9H,4-5,7-8,10-40H2,1-3H3. The molecule has 0 aliphatic rings. The van der Waals surface area contributed by atoms with Gasteiger partial charge in [-0.1, -0.05) is 219 Å². The second-order valence-corrected chi connectivity index (χ2v) is 13.5. The van der Waals surface area contributed by atoms with Gasteiger partial charge >= 0.3 is 0 Å². The van der Waals surface area contributed by atoms with Gasteiger partial charge in [-0.05, 0) is 32.9 Å². The zero-order valence-electron chi connectivity index (χ0n) is 29.4. The predicted molar refractivity (Wildman–Crippen MR) is 190 cm³/mol. The molecule has 0 heterocycles. The first kappa shape index (κ1) is 40.7. The normalized spacial score (nSPS) is 11.9. The molecule has 0 fully saturated rings. The van der Waals surface area contributed by atoms with Crippen molar-refractivity contribution in [1.29, 1.82) is 0 Å². The van der Waals surface area contributed by atoms with Crippen LogP contribution in [0, 0.1) is 0 Å². The lowest BCUT2D eigenvalue weighted by atomic mass is 10.0. The number of hydrogen-bond acceptors (Lipinski definition) is 1. The van der Waals surface area contributed by atoms with Crippen LogP contribution in [0.2, 0.25) is 0 Å². The lowest BCUT2D eigenvalue weighted by Crippen LogP contribution is -2.26. The average Bonchev–Trinajstić information content (AvgIpc) is 2.98. The number of nitrogens with zero attached hydrogens (tertiary/aromatic N) is 1. The van der Waals surface area contributed by atoms with Gasteiger partial charge in [-0.2, -0.15) is 0 Å². The second-order valence-electron chi connectivity index (χ2n) is 13.5. The molecule has 0 unspecified atom stereocenters. The van der Waals surface area contributed by atoms with E-state index in [0.717, 1.165) is 6.54 Å². The summed E-state index contributed by atoms with van der Waals surface area (Å²) in [6.45, 7) is 10.6. The highest BCUT2D eigenvalue weighted by molar-refractivity contribution is 4.81. The molecule has 246 valence electrons. The first-order valence-electron chi connectivity index (χ1n) is 19.7. The van der Waals surface area contributed by atoms with E-state index < -0.39 is 0 Å². The van der Waals surface area contributed by atoms with Gasteiger partial charge in [0.1, 0.15) is 0 Å². The predicted octanol–water partition coefficient (Wildman–Crippen LogP) is 14.4. The van der Waals surface area contributed by atoms with Gasteiger partial charge in [0, 0.05) is 6.54 Å². The molecule has 0 bridgehead atoms. The van der Waals surface area contributed by atoms with Crippen LogP contribution < -0.4 is 0 Å². The summed E-state index contributed by atoms with van der Waals surface area (Å²) >= 11 is 0. The Balaban J connectivity index is 3.45. The Hall–Kier alpha value is -0.300. The fourth-order valence-electron chi connectivity index (χ4n) is 6.32. The third-order valence-corrected chi connectivity index (χ3v) is 9.26. The topological polar surface area (TPSA) is 3.24 Å². The molecule has 41 heavy (non-hydrogen) atoms. The number of rotatable bonds is 36. The molecule has 0 radical (unpaired) electrons. The number of hydrogen-bond donors (Lipinski definition) is 0. The van der Waals surface area contributed by atoms with Gasteiger partial charge in [-0.3, -0.25) is 4.90 Å². The molecule has 0 rings (SSSR count). The molecule has 0 N–H and O–H groups in total. The van der Waals surface area contributed by atoms with E-state index in [9.17, 15) is 0 Å². The molecular weight excluding hydrogens is 494 g/mol. The van der Waals surface area contributed by atoms with Crippen molar-refractivity contribution in [3.05, 3.63) is 12.2 Å². The molecule has 0 atom stereocenters. The monoisotopic (exact) mass is 576 g/mol. The lowest BCUT2D eigenvalue weighted by molar-refractivity contribution is 0.285. The third-order valence-electron chi connectivity index (χ3n) is 9.26. The Morgan fingerprint density at radius 1 is 0.317 bits per heavy atom. The van der Waals surface area contributed by atoms with Gasteiger partial charge in [0.15, 0.2) is 0 Å². The van der Waals surface area contributed by atoms with Crippen molar-refractivity contribution in [2.45, 2.75) is 226 Å². The largest absolute Gasteiger partial charge is 0.300 e. The fraction of sp³-hybridized carbons (Fsp3) is 0.950. The van der Waals surface area contributed by atoms with Crippen LogP contribution in [0.15, 0.2) is 12.2 Å². The summed E-state index contributed by atoms with van der Waals surface area (Å²) < 4.78 is 0. The van der Waals surface area contributed by atoms with E-state index in [-0.39, 0.29) is 0 Å². The van der Waals surface area contributed by atoms with Gasteiger partial charge in [0.25, 0.3) is 0 Å². The first-order chi connectivity index (χ1) is 20.3. The molecule has 0 aromatic carbocycles. The van der Waals surface area contributed by atoms with Crippen LogP contribution in [0.3, 0.4) is 0 Å². The van der Waals surface area contributed by atoms with Gasteiger partial charge in [0.2, 0.25) is 0 Å². The molecule has 0 aliphatic carbocycles. The zero-order valence-corrected chi connectivity index (χ0v) is 29.4. The summed E-state index contributed by atoms with van der Waals surface area (Å²) in [4.78, 5) is 2.72. The van der Waals surface area contributed by atoms with Crippen LogP contribution in [0.1, 0.15) is 226 Å². The Bertz CT molecular complexity index is 433. The van der Waals surface area contributed by atoms with Crippen LogP contribution in [0.4, 0.5) is 0 Å². The van der Waals surface area contributed by atoms with Crippen LogP contribution in [-0.2, 0) is 0 Å². The summed E-state index contributed by atoms with van der Waals surface area (Å²) in [7, 11) is 0. The maximum absolute atomic E-state index is 2.72. The Morgan fingerprint density at radius 3 is 0.756 bits per heavy atom. The summed E-state index contributed by atoms with van der Waals surface area (Å²) in [5.74, 6) is 0. The van der Waals surface area contributed by atoms with Crippen LogP contribution in [0.5, 0.6) is 0 Å². The number of unbranched alkanes of at least 4 members (excludes halogenated alkanes) is 30. The molecule has 1 nitrogen and oxygen atoms in total. The smallest absolute Gasteiger partial charge is 0.0163 e. The highest BCUT2D eigenvalue weighted by atomic mass is 15.1. The third kappa shape index (κ3) is 35.8. The van der Waals surface area contributed by atoms with Crippen molar-refractivity contribution in [2.75, 3.05) is 19.6 Å². The summed E-state index contributed by atoms with van der Waals surface area (Å²) in [5.41, 5.74) is 0. The molecular formula is C40H81N. The van der Waals surface area contributed by atoms with Gasteiger partial charge in [0.05, 0.1) is 0 Å². The van der Waals surface area contributed by atoms with Crippen LogP contribution in [-0.4, -0.2) is 24.5 Å². The first-order valence-corrected chi connectivity index (χ1v) is 19.7. The van der Waals surface area contributed by atoms with Gasteiger partial charge in [-0.15, -0.1) is 0 Å². The maximum Gasteiger partial charge on any atom is 0.0163 e. The Labute approximate surface area is 262 Å². The van der Waals surface area contributed by atoms with Crippen molar-refractivity contribution in [3.8, 4) is 0 Å². The van der Waals surface area contributed by atoms with Crippen molar-refractivity contribution in [1.82, 2.24) is 4.90 Å². The molecule has 0 amide bonds. The second kappa shape index (κ2) is 37.7. The lowest BCUT2D eigenvalue weighted by Gasteiger charge is -2.20. The summed E-state index contributed by atoms with van der Waals surface area (Å²) in [6, 6.07) is 0. The zero-order chi connectivity index (χ0) is 29.7. The minimum atomic E-state index is 1.16. The highest BCUT2D eigenvalue weighted by Gasteiger charge is 2.03. The minimum Gasteiger partial charge on any atom is -0.300 e. The minimum absolute atomic E-state index is 1.16. The molecule has 0 aromatic heterocycles. The van der Waals surface area contributed by atoms with E-state index in [1.54, 1.807) is 0 Å². The Kier molecular flexibility index (Phi) is 37.4. The molecule has 0 aromatic rings. The van der Waals surface area contributed by atoms with Crippen molar-refractivity contribution < 1.29 is 0 Å². The average molecular weight is 576 g/mol. The van der Waals surface area contributed by atoms with Crippen LogP contribution in [0.25, 0.3) is 0 Å². The van der Waals surface area contributed by atoms with E-state index in [1.807, 2.05) is 0 Å². The summed E-state index contributed by atoms with van der Waals surface area (Å²) in [6.07, 6.45) is 51.2. The molecule has 0 saturated carbocycles. The van der Waals surface area contributed by atoms with Crippen molar-refractivity contribution in [3.63, 3.8) is 0 Å².